The Labute approximate surface area is 127 Å². The van der Waals surface area contributed by atoms with E-state index in [0.717, 1.165) is 25.6 Å². The monoisotopic (exact) mass is 283 g/mol. The summed E-state index contributed by atoms with van der Waals surface area (Å²) in [7, 11) is 1.98. The smallest absolute Gasteiger partial charge is 0.136 e. The molecule has 0 amide bonds. The van der Waals surface area contributed by atoms with Crippen LogP contribution >= 0.6 is 0 Å². The molecule has 3 rings (SSSR count). The average Bonchev–Trinajstić information content (AvgIpc) is 2.73. The van der Waals surface area contributed by atoms with Crippen LogP contribution in [0.1, 0.15) is 31.7 Å². The third-order valence-electron chi connectivity index (χ3n) is 4.54. The van der Waals surface area contributed by atoms with E-state index in [2.05, 4.69) is 41.4 Å². The molecule has 112 valence electrons. The van der Waals surface area contributed by atoms with Crippen LogP contribution in [0.3, 0.4) is 0 Å². The van der Waals surface area contributed by atoms with Gasteiger partial charge in [0.15, 0.2) is 0 Å². The molecule has 0 spiro atoms. The van der Waals surface area contributed by atoms with Crippen molar-refractivity contribution in [1.29, 1.82) is 0 Å². The summed E-state index contributed by atoms with van der Waals surface area (Å²) in [5, 5.41) is 5.86. The number of hydrogen-bond donors (Lipinski definition) is 1. The van der Waals surface area contributed by atoms with Crippen LogP contribution in [0.5, 0.6) is 0 Å². The number of rotatable bonds is 3. The van der Waals surface area contributed by atoms with Crippen molar-refractivity contribution >= 4 is 16.6 Å². The summed E-state index contributed by atoms with van der Waals surface area (Å²) in [5.74, 6) is 2.00. The molecule has 1 saturated heterocycles. The maximum absolute atomic E-state index is 4.80. The number of fused-ring (bicyclic) bond motifs is 1. The Hall–Kier alpha value is -1.61. The van der Waals surface area contributed by atoms with E-state index in [9.17, 15) is 0 Å². The van der Waals surface area contributed by atoms with Crippen LogP contribution in [0.15, 0.2) is 30.5 Å². The van der Waals surface area contributed by atoms with E-state index in [0.29, 0.717) is 0 Å². The fourth-order valence-corrected chi connectivity index (χ4v) is 3.29. The van der Waals surface area contributed by atoms with Crippen LogP contribution in [0.4, 0.5) is 5.82 Å². The van der Waals surface area contributed by atoms with Gasteiger partial charge in [-0.05, 0) is 43.2 Å². The minimum atomic E-state index is 0.838. The zero-order valence-corrected chi connectivity index (χ0v) is 13.1. The minimum absolute atomic E-state index is 0.838. The lowest BCUT2D eigenvalue weighted by Crippen LogP contribution is -2.25. The number of aromatic nitrogens is 1. The number of hydrogen-bond acceptors (Lipinski definition) is 3. The SMILES string of the molecule is CNCc1cnc(N2CCCC(C)CC2)c2ccccc12. The highest BCUT2D eigenvalue weighted by Gasteiger charge is 2.17. The van der Waals surface area contributed by atoms with Crippen molar-refractivity contribution in [3.05, 3.63) is 36.0 Å². The van der Waals surface area contributed by atoms with E-state index in [1.54, 1.807) is 0 Å². The number of nitrogens with zero attached hydrogens (tertiary/aromatic N) is 2. The first-order valence-electron chi connectivity index (χ1n) is 8.05. The molecular weight excluding hydrogens is 258 g/mol. The van der Waals surface area contributed by atoms with Gasteiger partial charge in [0.25, 0.3) is 0 Å². The van der Waals surface area contributed by atoms with Crippen molar-refractivity contribution in [3.8, 4) is 0 Å². The first kappa shape index (κ1) is 14.3. The second-order valence-electron chi connectivity index (χ2n) is 6.21. The van der Waals surface area contributed by atoms with Crippen LogP contribution in [0, 0.1) is 5.92 Å². The van der Waals surface area contributed by atoms with Crippen LogP contribution in [0.25, 0.3) is 10.8 Å². The third kappa shape index (κ3) is 3.03. The van der Waals surface area contributed by atoms with Crippen molar-refractivity contribution in [2.75, 3.05) is 25.0 Å². The first-order valence-corrected chi connectivity index (χ1v) is 8.05. The molecule has 1 aliphatic heterocycles. The summed E-state index contributed by atoms with van der Waals surface area (Å²) in [6.07, 6.45) is 5.93. The quantitative estimate of drug-likeness (QED) is 0.933. The van der Waals surface area contributed by atoms with Crippen LogP contribution < -0.4 is 10.2 Å². The van der Waals surface area contributed by atoms with Gasteiger partial charge in [-0.15, -0.1) is 0 Å². The van der Waals surface area contributed by atoms with E-state index in [-0.39, 0.29) is 0 Å². The van der Waals surface area contributed by atoms with Crippen molar-refractivity contribution < 1.29 is 0 Å². The van der Waals surface area contributed by atoms with E-state index in [1.807, 2.05) is 13.2 Å². The standard InChI is InChI=1S/C18H25N3/c1-14-6-5-10-21(11-9-14)18-17-8-4-3-7-16(17)15(12-19-2)13-20-18/h3-4,7-8,13-14,19H,5-6,9-12H2,1-2H3. The van der Waals surface area contributed by atoms with Gasteiger partial charge in [0, 0.05) is 31.2 Å². The molecule has 3 heteroatoms. The second kappa shape index (κ2) is 6.44. The lowest BCUT2D eigenvalue weighted by Gasteiger charge is -2.24. The molecule has 2 aromatic rings. The van der Waals surface area contributed by atoms with Gasteiger partial charge in [-0.2, -0.15) is 0 Å². The van der Waals surface area contributed by atoms with Crippen molar-refractivity contribution in [3.63, 3.8) is 0 Å². The average molecular weight is 283 g/mol. The number of nitrogens with one attached hydrogen (secondary N) is 1. The minimum Gasteiger partial charge on any atom is -0.356 e. The van der Waals surface area contributed by atoms with Gasteiger partial charge in [0.2, 0.25) is 0 Å². The molecule has 2 heterocycles. The molecule has 1 aromatic heterocycles. The van der Waals surface area contributed by atoms with Gasteiger partial charge in [0.1, 0.15) is 5.82 Å². The van der Waals surface area contributed by atoms with E-state index < -0.39 is 0 Å². The molecule has 1 atom stereocenters. The number of benzene rings is 1. The van der Waals surface area contributed by atoms with Crippen LogP contribution in [0.2, 0.25) is 0 Å². The molecule has 1 N–H and O–H groups in total. The molecule has 0 saturated carbocycles. The van der Waals surface area contributed by atoms with Crippen LogP contribution in [-0.2, 0) is 6.54 Å². The first-order chi connectivity index (χ1) is 10.3. The maximum atomic E-state index is 4.80. The molecule has 21 heavy (non-hydrogen) atoms. The molecular formula is C18H25N3. The fraction of sp³-hybridized carbons (Fsp3) is 0.500. The van der Waals surface area contributed by atoms with Gasteiger partial charge < -0.3 is 10.2 Å². The van der Waals surface area contributed by atoms with E-state index in [4.69, 9.17) is 4.98 Å². The summed E-state index contributed by atoms with van der Waals surface area (Å²) in [5.41, 5.74) is 1.28. The zero-order valence-electron chi connectivity index (χ0n) is 13.1. The second-order valence-corrected chi connectivity index (χ2v) is 6.21. The Bertz CT molecular complexity index is 608. The van der Waals surface area contributed by atoms with E-state index >= 15 is 0 Å². The predicted molar refractivity (Wildman–Crippen MR) is 89.7 cm³/mol. The van der Waals surface area contributed by atoms with Crippen molar-refractivity contribution in [2.45, 2.75) is 32.7 Å². The molecule has 0 aliphatic carbocycles. The lowest BCUT2D eigenvalue weighted by molar-refractivity contribution is 0.521. The van der Waals surface area contributed by atoms with E-state index in [1.165, 1.54) is 41.4 Å². The van der Waals surface area contributed by atoms with Gasteiger partial charge in [0.05, 0.1) is 0 Å². The summed E-state index contributed by atoms with van der Waals surface area (Å²) < 4.78 is 0. The van der Waals surface area contributed by atoms with Crippen molar-refractivity contribution in [1.82, 2.24) is 10.3 Å². The third-order valence-corrected chi connectivity index (χ3v) is 4.54. The Morgan fingerprint density at radius 2 is 2.00 bits per heavy atom. The Morgan fingerprint density at radius 1 is 1.19 bits per heavy atom. The maximum Gasteiger partial charge on any atom is 0.136 e. The zero-order chi connectivity index (χ0) is 14.7. The summed E-state index contributed by atoms with van der Waals surface area (Å²) >= 11 is 0. The normalized spacial score (nSPS) is 19.7. The summed E-state index contributed by atoms with van der Waals surface area (Å²) in [6, 6.07) is 8.67. The predicted octanol–water partition coefficient (Wildman–Crippen LogP) is 3.58. The van der Waals surface area contributed by atoms with Gasteiger partial charge in [-0.3, -0.25) is 0 Å². The number of anilines is 1. The van der Waals surface area contributed by atoms with Gasteiger partial charge in [-0.25, -0.2) is 4.98 Å². The molecule has 0 radical (unpaired) electrons. The number of pyridine rings is 1. The Kier molecular flexibility index (Phi) is 4.39. The van der Waals surface area contributed by atoms with Gasteiger partial charge >= 0.3 is 0 Å². The van der Waals surface area contributed by atoms with Crippen molar-refractivity contribution in [2.24, 2.45) is 5.92 Å². The van der Waals surface area contributed by atoms with Crippen LogP contribution in [-0.4, -0.2) is 25.1 Å². The highest BCUT2D eigenvalue weighted by atomic mass is 15.2. The largest absolute Gasteiger partial charge is 0.356 e. The molecule has 1 aromatic carbocycles. The molecule has 0 bridgehead atoms. The topological polar surface area (TPSA) is 28.2 Å². The summed E-state index contributed by atoms with van der Waals surface area (Å²) in [6.45, 7) is 5.49. The molecule has 1 aliphatic rings. The molecule has 1 fully saturated rings. The Morgan fingerprint density at radius 3 is 2.81 bits per heavy atom. The molecule has 3 nitrogen and oxygen atoms in total. The molecule has 1 unspecified atom stereocenters. The summed E-state index contributed by atoms with van der Waals surface area (Å²) in [4.78, 5) is 7.28. The lowest BCUT2D eigenvalue weighted by atomic mass is 10.0. The highest BCUT2D eigenvalue weighted by Crippen LogP contribution is 2.29. The van der Waals surface area contributed by atoms with Gasteiger partial charge in [-0.1, -0.05) is 31.2 Å². The Balaban J connectivity index is 2.00. The highest BCUT2D eigenvalue weighted by molar-refractivity contribution is 5.94. The fourth-order valence-electron chi connectivity index (χ4n) is 3.29.